The summed E-state index contributed by atoms with van der Waals surface area (Å²) in [4.78, 5) is 5.27. The Bertz CT molecular complexity index is 471. The topological polar surface area (TPSA) is 32.5 Å². The van der Waals surface area contributed by atoms with Crippen molar-refractivity contribution >= 4 is 15.9 Å². The van der Waals surface area contributed by atoms with Crippen LogP contribution in [0.2, 0.25) is 0 Å². The first-order chi connectivity index (χ1) is 10.2. The molecule has 2 fully saturated rings. The quantitative estimate of drug-likeness (QED) is 0.904. The SMILES string of the molecule is CC(N)C(c1ccccc1Br)N1CCC(N2CCCC2)C1. The molecule has 0 radical (unpaired) electrons. The lowest BCUT2D eigenvalue weighted by Crippen LogP contribution is -2.41. The van der Waals surface area contributed by atoms with E-state index in [4.69, 9.17) is 5.73 Å². The minimum Gasteiger partial charge on any atom is -0.326 e. The van der Waals surface area contributed by atoms with Crippen LogP contribution in [0.3, 0.4) is 0 Å². The molecular formula is C17H26BrN3. The molecule has 3 atom stereocenters. The van der Waals surface area contributed by atoms with Crippen molar-refractivity contribution in [3.8, 4) is 0 Å². The maximum Gasteiger partial charge on any atom is 0.0508 e. The lowest BCUT2D eigenvalue weighted by molar-refractivity contribution is 0.185. The predicted molar refractivity (Wildman–Crippen MR) is 91.3 cm³/mol. The van der Waals surface area contributed by atoms with Crippen LogP contribution in [0.4, 0.5) is 0 Å². The van der Waals surface area contributed by atoms with E-state index < -0.39 is 0 Å². The summed E-state index contributed by atoms with van der Waals surface area (Å²) in [7, 11) is 0. The van der Waals surface area contributed by atoms with Gasteiger partial charge in [-0.1, -0.05) is 34.1 Å². The molecule has 116 valence electrons. The Kier molecular flexibility index (Phi) is 4.99. The van der Waals surface area contributed by atoms with E-state index in [1.165, 1.54) is 42.4 Å². The molecule has 0 amide bonds. The maximum absolute atomic E-state index is 6.34. The van der Waals surface area contributed by atoms with E-state index in [0.717, 1.165) is 19.1 Å². The van der Waals surface area contributed by atoms with Crippen LogP contribution < -0.4 is 5.73 Å². The number of benzene rings is 1. The Morgan fingerprint density at radius 1 is 1.19 bits per heavy atom. The van der Waals surface area contributed by atoms with Crippen molar-refractivity contribution in [2.24, 2.45) is 5.73 Å². The molecule has 2 aliphatic heterocycles. The summed E-state index contributed by atoms with van der Waals surface area (Å²) in [5.74, 6) is 0. The number of hydrogen-bond acceptors (Lipinski definition) is 3. The van der Waals surface area contributed by atoms with Gasteiger partial charge in [0.2, 0.25) is 0 Å². The van der Waals surface area contributed by atoms with Gasteiger partial charge in [0, 0.05) is 29.6 Å². The molecule has 0 spiro atoms. The van der Waals surface area contributed by atoms with Gasteiger partial charge in [-0.25, -0.2) is 0 Å². The molecule has 0 aromatic heterocycles. The van der Waals surface area contributed by atoms with Crippen LogP contribution in [0, 0.1) is 0 Å². The van der Waals surface area contributed by atoms with Crippen LogP contribution in [0.1, 0.15) is 37.8 Å². The minimum absolute atomic E-state index is 0.140. The molecule has 4 heteroatoms. The number of nitrogens with two attached hydrogens (primary N) is 1. The highest BCUT2D eigenvalue weighted by molar-refractivity contribution is 9.10. The van der Waals surface area contributed by atoms with E-state index in [-0.39, 0.29) is 6.04 Å². The summed E-state index contributed by atoms with van der Waals surface area (Å²) in [5.41, 5.74) is 7.67. The van der Waals surface area contributed by atoms with E-state index in [0.29, 0.717) is 6.04 Å². The van der Waals surface area contributed by atoms with Crippen LogP contribution in [0.15, 0.2) is 28.7 Å². The summed E-state index contributed by atoms with van der Waals surface area (Å²) >= 11 is 3.70. The molecule has 0 saturated carbocycles. The average molecular weight is 352 g/mol. The van der Waals surface area contributed by atoms with Crippen LogP contribution >= 0.6 is 15.9 Å². The van der Waals surface area contributed by atoms with Crippen LogP contribution in [0.25, 0.3) is 0 Å². The lowest BCUT2D eigenvalue weighted by atomic mass is 9.99. The first-order valence-electron chi connectivity index (χ1n) is 8.15. The summed E-state index contributed by atoms with van der Waals surface area (Å²) in [5, 5.41) is 0. The van der Waals surface area contributed by atoms with Crippen molar-refractivity contribution in [1.82, 2.24) is 9.80 Å². The Hall–Kier alpha value is -0.420. The molecule has 3 nitrogen and oxygen atoms in total. The highest BCUT2D eigenvalue weighted by Gasteiger charge is 2.35. The molecule has 3 rings (SSSR count). The standard InChI is InChI=1S/C17H26BrN3/c1-13(19)17(15-6-2-3-7-16(15)18)21-11-8-14(12-21)20-9-4-5-10-20/h2-3,6-7,13-14,17H,4-5,8-12,19H2,1H3. The van der Waals surface area contributed by atoms with Crippen molar-refractivity contribution in [3.05, 3.63) is 34.3 Å². The lowest BCUT2D eigenvalue weighted by Gasteiger charge is -2.33. The van der Waals surface area contributed by atoms with Crippen LogP contribution in [0.5, 0.6) is 0 Å². The van der Waals surface area contributed by atoms with Crippen molar-refractivity contribution in [3.63, 3.8) is 0 Å². The van der Waals surface area contributed by atoms with Crippen molar-refractivity contribution in [1.29, 1.82) is 0 Å². The van der Waals surface area contributed by atoms with E-state index in [1.54, 1.807) is 0 Å². The molecule has 2 N–H and O–H groups in total. The molecule has 0 bridgehead atoms. The van der Waals surface area contributed by atoms with Gasteiger partial charge < -0.3 is 5.73 Å². The van der Waals surface area contributed by atoms with Gasteiger partial charge in [0.15, 0.2) is 0 Å². The Balaban J connectivity index is 1.75. The summed E-state index contributed by atoms with van der Waals surface area (Å²) in [6.45, 7) is 7.03. The van der Waals surface area contributed by atoms with Gasteiger partial charge in [0.25, 0.3) is 0 Å². The fourth-order valence-corrected chi connectivity index (χ4v) is 4.47. The number of rotatable bonds is 4. The highest BCUT2D eigenvalue weighted by Crippen LogP contribution is 2.33. The summed E-state index contributed by atoms with van der Waals surface area (Å²) in [6, 6.07) is 9.71. The molecule has 1 aromatic carbocycles. The summed E-state index contributed by atoms with van der Waals surface area (Å²) in [6.07, 6.45) is 4.03. The van der Waals surface area contributed by atoms with Gasteiger partial charge in [-0.05, 0) is 50.9 Å². The fourth-order valence-electron chi connectivity index (χ4n) is 3.95. The van der Waals surface area contributed by atoms with Crippen molar-refractivity contribution in [2.75, 3.05) is 26.2 Å². The molecule has 21 heavy (non-hydrogen) atoms. The minimum atomic E-state index is 0.140. The second-order valence-electron chi connectivity index (χ2n) is 6.51. The zero-order valence-corrected chi connectivity index (χ0v) is 14.4. The van der Waals surface area contributed by atoms with Crippen LogP contribution in [-0.4, -0.2) is 48.1 Å². The molecule has 2 heterocycles. The molecule has 3 unspecified atom stereocenters. The van der Waals surface area contributed by atoms with Crippen LogP contribution in [-0.2, 0) is 0 Å². The Labute approximate surface area is 136 Å². The van der Waals surface area contributed by atoms with Gasteiger partial charge in [0.05, 0.1) is 6.04 Å². The van der Waals surface area contributed by atoms with Gasteiger partial charge in [-0.2, -0.15) is 0 Å². The van der Waals surface area contributed by atoms with E-state index in [1.807, 2.05) is 0 Å². The first-order valence-corrected chi connectivity index (χ1v) is 8.94. The largest absolute Gasteiger partial charge is 0.326 e. The maximum atomic E-state index is 6.34. The highest BCUT2D eigenvalue weighted by atomic mass is 79.9. The molecule has 2 aliphatic rings. The molecule has 2 saturated heterocycles. The monoisotopic (exact) mass is 351 g/mol. The van der Waals surface area contributed by atoms with E-state index >= 15 is 0 Å². The zero-order valence-electron chi connectivity index (χ0n) is 12.8. The number of hydrogen-bond donors (Lipinski definition) is 1. The molecular weight excluding hydrogens is 326 g/mol. The molecule has 1 aromatic rings. The van der Waals surface area contributed by atoms with Gasteiger partial charge >= 0.3 is 0 Å². The van der Waals surface area contributed by atoms with Crippen molar-refractivity contribution < 1.29 is 0 Å². The first kappa shape index (κ1) is 15.5. The second-order valence-corrected chi connectivity index (χ2v) is 7.36. The van der Waals surface area contributed by atoms with Gasteiger partial charge in [-0.15, -0.1) is 0 Å². The number of likely N-dealkylation sites (tertiary alicyclic amines) is 2. The van der Waals surface area contributed by atoms with E-state index in [2.05, 4.69) is 56.9 Å². The third kappa shape index (κ3) is 3.34. The fraction of sp³-hybridized carbons (Fsp3) is 0.647. The molecule has 0 aliphatic carbocycles. The zero-order chi connectivity index (χ0) is 14.8. The normalized spacial score (nSPS) is 27.1. The van der Waals surface area contributed by atoms with Gasteiger partial charge in [-0.3, -0.25) is 9.80 Å². The summed E-state index contributed by atoms with van der Waals surface area (Å²) < 4.78 is 1.18. The smallest absolute Gasteiger partial charge is 0.0508 e. The number of halogens is 1. The van der Waals surface area contributed by atoms with Crippen molar-refractivity contribution in [2.45, 2.75) is 44.3 Å². The van der Waals surface area contributed by atoms with E-state index in [9.17, 15) is 0 Å². The Morgan fingerprint density at radius 2 is 1.90 bits per heavy atom. The second kappa shape index (κ2) is 6.78. The Morgan fingerprint density at radius 3 is 2.57 bits per heavy atom. The predicted octanol–water partition coefficient (Wildman–Crippen LogP) is 3.01. The van der Waals surface area contributed by atoms with Gasteiger partial charge in [0.1, 0.15) is 0 Å². The number of nitrogens with zero attached hydrogens (tertiary/aromatic N) is 2. The average Bonchev–Trinajstić information content (AvgIpc) is 3.11. The third-order valence-electron chi connectivity index (χ3n) is 4.97. The third-order valence-corrected chi connectivity index (χ3v) is 5.69.